The van der Waals surface area contributed by atoms with Gasteiger partial charge in [-0.1, -0.05) is 31.5 Å². The number of hydrogen-bond donors (Lipinski definition) is 3. The van der Waals surface area contributed by atoms with Crippen LogP contribution in [0.5, 0.6) is 0 Å². The highest BCUT2D eigenvalue weighted by atomic mass is 16.4. The Kier molecular flexibility index (Phi) is 7.07. The van der Waals surface area contributed by atoms with E-state index in [2.05, 4.69) is 22.4 Å². The molecule has 0 radical (unpaired) electrons. The highest BCUT2D eigenvalue weighted by Crippen LogP contribution is 2.33. The van der Waals surface area contributed by atoms with Crippen LogP contribution >= 0.6 is 0 Å². The van der Waals surface area contributed by atoms with Crippen molar-refractivity contribution in [3.8, 4) is 11.1 Å². The van der Waals surface area contributed by atoms with E-state index >= 15 is 0 Å². The van der Waals surface area contributed by atoms with E-state index in [1.807, 2.05) is 61.5 Å². The number of hydrogen-bond acceptors (Lipinski definition) is 3. The van der Waals surface area contributed by atoms with E-state index in [9.17, 15) is 9.59 Å². The van der Waals surface area contributed by atoms with Crippen molar-refractivity contribution in [2.75, 3.05) is 5.32 Å². The lowest BCUT2D eigenvalue weighted by atomic mass is 9.94. The van der Waals surface area contributed by atoms with Crippen LogP contribution in [0.2, 0.25) is 0 Å². The predicted octanol–water partition coefficient (Wildman–Crippen LogP) is 6.15. The molecule has 0 bridgehead atoms. The number of rotatable bonds is 9. The summed E-state index contributed by atoms with van der Waals surface area (Å²) in [4.78, 5) is 24.2. The van der Waals surface area contributed by atoms with Crippen LogP contribution in [-0.4, -0.2) is 27.2 Å². The molecule has 6 nitrogen and oxygen atoms in total. The number of amides is 1. The van der Waals surface area contributed by atoms with Crippen LogP contribution in [0.3, 0.4) is 0 Å². The van der Waals surface area contributed by atoms with Crippen molar-refractivity contribution < 1.29 is 14.7 Å². The molecule has 0 saturated heterocycles. The molecule has 174 valence electrons. The second-order valence-corrected chi connectivity index (χ2v) is 8.64. The van der Waals surface area contributed by atoms with Crippen LogP contribution < -0.4 is 5.32 Å². The lowest BCUT2D eigenvalue weighted by molar-refractivity contribution is -0.136. The number of H-pyrrole nitrogens is 1. The molecule has 4 rings (SSSR count). The molecule has 0 aliphatic rings. The Balaban J connectivity index is 1.68. The second-order valence-electron chi connectivity index (χ2n) is 8.64. The van der Waals surface area contributed by atoms with Gasteiger partial charge in [-0.05, 0) is 84.8 Å². The zero-order valence-electron chi connectivity index (χ0n) is 19.5. The summed E-state index contributed by atoms with van der Waals surface area (Å²) < 4.78 is 0. The molecule has 3 N–H and O–H groups in total. The van der Waals surface area contributed by atoms with E-state index in [0.717, 1.165) is 52.4 Å². The van der Waals surface area contributed by atoms with Gasteiger partial charge in [0.2, 0.25) is 0 Å². The molecule has 0 aliphatic heterocycles. The Hall–Kier alpha value is -3.93. The first-order valence-electron chi connectivity index (χ1n) is 11.6. The molecule has 1 amide bonds. The molecule has 4 aromatic rings. The number of anilines is 1. The third-order valence-electron chi connectivity index (χ3n) is 6.12. The van der Waals surface area contributed by atoms with E-state index in [0.29, 0.717) is 17.7 Å². The molecule has 34 heavy (non-hydrogen) atoms. The fourth-order valence-corrected chi connectivity index (χ4v) is 4.11. The van der Waals surface area contributed by atoms with Gasteiger partial charge in [-0.25, -0.2) is 0 Å². The van der Waals surface area contributed by atoms with Crippen LogP contribution in [0.4, 0.5) is 5.69 Å². The third-order valence-corrected chi connectivity index (χ3v) is 6.12. The van der Waals surface area contributed by atoms with Gasteiger partial charge in [0, 0.05) is 28.6 Å². The Morgan fingerprint density at radius 3 is 2.56 bits per heavy atom. The fraction of sp³-hybridized carbons (Fsp3) is 0.250. The normalized spacial score (nSPS) is 11.0. The minimum Gasteiger partial charge on any atom is -0.481 e. The van der Waals surface area contributed by atoms with Gasteiger partial charge in [0.25, 0.3) is 5.91 Å². The van der Waals surface area contributed by atoms with E-state index in [1.165, 1.54) is 5.56 Å². The Morgan fingerprint density at radius 2 is 1.82 bits per heavy atom. The number of benzene rings is 3. The summed E-state index contributed by atoms with van der Waals surface area (Å²) in [7, 11) is 0. The molecule has 0 saturated carbocycles. The van der Waals surface area contributed by atoms with Gasteiger partial charge in [0.15, 0.2) is 0 Å². The van der Waals surface area contributed by atoms with Crippen molar-refractivity contribution in [1.82, 2.24) is 10.2 Å². The van der Waals surface area contributed by atoms with Crippen molar-refractivity contribution in [2.24, 2.45) is 0 Å². The number of aliphatic carboxylic acids is 1. The van der Waals surface area contributed by atoms with Crippen LogP contribution in [0.15, 0.2) is 60.8 Å². The number of carboxylic acids is 1. The predicted molar refractivity (Wildman–Crippen MR) is 135 cm³/mol. The largest absolute Gasteiger partial charge is 0.481 e. The maximum Gasteiger partial charge on any atom is 0.303 e. The average molecular weight is 456 g/mol. The minimum atomic E-state index is -0.833. The van der Waals surface area contributed by atoms with Crippen molar-refractivity contribution in [1.29, 1.82) is 0 Å². The Labute approximate surface area is 199 Å². The van der Waals surface area contributed by atoms with Crippen molar-refractivity contribution in [3.63, 3.8) is 0 Å². The second kappa shape index (κ2) is 10.3. The summed E-state index contributed by atoms with van der Waals surface area (Å²) in [6.07, 6.45) is 5.51. The lowest BCUT2D eigenvalue weighted by Gasteiger charge is -2.16. The molecular weight excluding hydrogens is 426 g/mol. The SMILES string of the molecule is CCCCc1ccc(C(=O)Nc2cc(C)c(CCC(=O)O)cc2-c2ccc3[nH]ncc3c2)cc1. The highest BCUT2D eigenvalue weighted by Gasteiger charge is 2.15. The van der Waals surface area contributed by atoms with Crippen LogP contribution in [0.1, 0.15) is 53.2 Å². The Bertz CT molecular complexity index is 1320. The van der Waals surface area contributed by atoms with Gasteiger partial charge >= 0.3 is 5.97 Å². The zero-order valence-corrected chi connectivity index (χ0v) is 19.5. The van der Waals surface area contributed by atoms with Gasteiger partial charge in [-0.2, -0.15) is 5.10 Å². The lowest BCUT2D eigenvalue weighted by Crippen LogP contribution is -2.13. The molecule has 0 unspecified atom stereocenters. The van der Waals surface area contributed by atoms with E-state index in [1.54, 1.807) is 6.20 Å². The Morgan fingerprint density at radius 1 is 1.03 bits per heavy atom. The first-order chi connectivity index (χ1) is 16.4. The molecule has 0 spiro atoms. The molecule has 3 aromatic carbocycles. The summed E-state index contributed by atoms with van der Waals surface area (Å²) in [5.74, 6) is -1.01. The van der Waals surface area contributed by atoms with E-state index in [4.69, 9.17) is 5.11 Å². The number of nitrogens with one attached hydrogen (secondary N) is 2. The smallest absolute Gasteiger partial charge is 0.303 e. The fourth-order valence-electron chi connectivity index (χ4n) is 4.11. The van der Waals surface area contributed by atoms with E-state index in [-0.39, 0.29) is 12.3 Å². The number of aromatic nitrogens is 2. The van der Waals surface area contributed by atoms with Gasteiger partial charge < -0.3 is 10.4 Å². The standard InChI is InChI=1S/C28H29N3O3/c1-3-4-5-19-6-8-20(9-7-19)28(34)30-26-14-18(2)21(11-13-27(32)33)16-24(26)22-10-12-25-23(15-22)17-29-31-25/h6-10,12,14-17H,3-5,11,13H2,1-2H3,(H,29,31)(H,30,34)(H,32,33). The summed E-state index contributed by atoms with van der Waals surface area (Å²) >= 11 is 0. The monoisotopic (exact) mass is 455 g/mol. The number of fused-ring (bicyclic) bond motifs is 1. The maximum absolute atomic E-state index is 13.1. The topological polar surface area (TPSA) is 95.1 Å². The summed E-state index contributed by atoms with van der Waals surface area (Å²) in [6, 6.07) is 17.6. The minimum absolute atomic E-state index is 0.0527. The van der Waals surface area contributed by atoms with Crippen molar-refractivity contribution in [2.45, 2.75) is 46.0 Å². The first-order valence-corrected chi connectivity index (χ1v) is 11.6. The summed E-state index contributed by atoms with van der Waals surface area (Å²) in [5.41, 5.74) is 7.12. The van der Waals surface area contributed by atoms with Crippen molar-refractivity contribution in [3.05, 3.63) is 83.0 Å². The molecule has 1 heterocycles. The van der Waals surface area contributed by atoms with Crippen LogP contribution in [0, 0.1) is 6.92 Å². The van der Waals surface area contributed by atoms with Gasteiger partial charge in [-0.3, -0.25) is 14.7 Å². The van der Waals surface area contributed by atoms with Crippen LogP contribution in [-0.2, 0) is 17.6 Å². The maximum atomic E-state index is 13.1. The summed E-state index contributed by atoms with van der Waals surface area (Å²) in [5, 5.41) is 20.2. The van der Waals surface area contributed by atoms with Gasteiger partial charge in [0.05, 0.1) is 11.7 Å². The molecule has 0 fully saturated rings. The zero-order chi connectivity index (χ0) is 24.1. The number of carboxylic acid groups (broad SMARTS) is 1. The number of aryl methyl sites for hydroxylation is 3. The number of aromatic amines is 1. The molecule has 1 aromatic heterocycles. The first kappa shape index (κ1) is 23.2. The number of carbonyl (C=O) groups excluding carboxylic acids is 1. The third kappa shape index (κ3) is 5.34. The molecule has 0 aliphatic carbocycles. The van der Waals surface area contributed by atoms with E-state index < -0.39 is 5.97 Å². The quantitative estimate of drug-likeness (QED) is 0.282. The number of nitrogens with zero attached hydrogens (tertiary/aromatic N) is 1. The number of carbonyl (C=O) groups is 2. The van der Waals surface area contributed by atoms with Crippen molar-refractivity contribution >= 4 is 28.5 Å². The van der Waals surface area contributed by atoms with Crippen LogP contribution in [0.25, 0.3) is 22.0 Å². The molecule has 6 heteroatoms. The highest BCUT2D eigenvalue weighted by molar-refractivity contribution is 6.06. The molecule has 0 atom stereocenters. The molecular formula is C28H29N3O3. The number of unbranched alkanes of at least 4 members (excludes halogenated alkanes) is 1. The van der Waals surface area contributed by atoms with Gasteiger partial charge in [-0.15, -0.1) is 0 Å². The summed E-state index contributed by atoms with van der Waals surface area (Å²) in [6.45, 7) is 4.11. The van der Waals surface area contributed by atoms with Gasteiger partial charge in [0.1, 0.15) is 0 Å². The average Bonchev–Trinajstić information content (AvgIpc) is 3.30.